The van der Waals surface area contributed by atoms with Crippen molar-refractivity contribution in [2.24, 2.45) is 0 Å². The molecule has 0 aliphatic carbocycles. The summed E-state index contributed by atoms with van der Waals surface area (Å²) < 4.78 is 0. The number of rotatable bonds is 7. The van der Waals surface area contributed by atoms with E-state index >= 15 is 0 Å². The molecule has 1 aliphatic heterocycles. The van der Waals surface area contributed by atoms with Gasteiger partial charge < -0.3 is 10.2 Å². The molecule has 0 bridgehead atoms. The smallest absolute Gasteiger partial charge is 0.0628 e. The van der Waals surface area contributed by atoms with E-state index in [0.29, 0.717) is 6.04 Å². The molecule has 0 amide bonds. The van der Waals surface area contributed by atoms with E-state index < -0.39 is 0 Å². The van der Waals surface area contributed by atoms with Crippen molar-refractivity contribution in [1.82, 2.24) is 4.90 Å². The van der Waals surface area contributed by atoms with Crippen LogP contribution in [0.4, 0.5) is 0 Å². The standard InChI is InChI=1S/C17H27NO2/c19-13-7-5-11-16-10-4-6-12-18(16)17(14-20)15-8-2-1-3-9-15/h1-3,8-9,16-17,19-20H,4-7,10-14H2/t16-,17-/m0/s1. The van der Waals surface area contributed by atoms with Gasteiger partial charge in [-0.3, -0.25) is 4.90 Å². The van der Waals surface area contributed by atoms with Gasteiger partial charge in [0.2, 0.25) is 0 Å². The van der Waals surface area contributed by atoms with Gasteiger partial charge in [-0.25, -0.2) is 0 Å². The quantitative estimate of drug-likeness (QED) is 0.753. The molecular weight excluding hydrogens is 250 g/mol. The fraction of sp³-hybridized carbons (Fsp3) is 0.647. The predicted molar refractivity (Wildman–Crippen MR) is 81.6 cm³/mol. The molecule has 2 N–H and O–H groups in total. The average Bonchev–Trinajstić information content (AvgIpc) is 2.51. The number of hydrogen-bond acceptors (Lipinski definition) is 3. The second-order valence-corrected chi connectivity index (χ2v) is 5.72. The third-order valence-corrected chi connectivity index (χ3v) is 4.38. The fourth-order valence-corrected chi connectivity index (χ4v) is 3.31. The van der Waals surface area contributed by atoms with Crippen molar-refractivity contribution in [3.05, 3.63) is 35.9 Å². The minimum absolute atomic E-state index is 0.121. The van der Waals surface area contributed by atoms with Crippen LogP contribution >= 0.6 is 0 Å². The number of unbranched alkanes of at least 4 members (excludes halogenated alkanes) is 1. The first kappa shape index (κ1) is 15.5. The summed E-state index contributed by atoms with van der Waals surface area (Å²) in [7, 11) is 0. The first-order chi connectivity index (χ1) is 9.86. The van der Waals surface area contributed by atoms with Crippen molar-refractivity contribution in [2.75, 3.05) is 19.8 Å². The molecule has 0 saturated carbocycles. The number of likely N-dealkylation sites (tertiary alicyclic amines) is 1. The number of aliphatic hydroxyl groups is 2. The minimum atomic E-state index is 0.121. The van der Waals surface area contributed by atoms with Gasteiger partial charge >= 0.3 is 0 Å². The lowest BCUT2D eigenvalue weighted by Crippen LogP contribution is -2.43. The van der Waals surface area contributed by atoms with Gasteiger partial charge in [0.1, 0.15) is 0 Å². The molecule has 0 spiro atoms. The topological polar surface area (TPSA) is 43.7 Å². The Balaban J connectivity index is 2.05. The summed E-state index contributed by atoms with van der Waals surface area (Å²) in [5, 5.41) is 18.8. The van der Waals surface area contributed by atoms with Gasteiger partial charge in [0.05, 0.1) is 12.6 Å². The van der Waals surface area contributed by atoms with Crippen molar-refractivity contribution in [2.45, 2.75) is 50.6 Å². The lowest BCUT2D eigenvalue weighted by atomic mass is 9.93. The highest BCUT2D eigenvalue weighted by Crippen LogP contribution is 2.30. The lowest BCUT2D eigenvalue weighted by molar-refractivity contribution is 0.0506. The van der Waals surface area contributed by atoms with Crippen LogP contribution in [0.2, 0.25) is 0 Å². The van der Waals surface area contributed by atoms with Crippen LogP contribution < -0.4 is 0 Å². The van der Waals surface area contributed by atoms with Gasteiger partial charge in [-0.1, -0.05) is 36.8 Å². The average molecular weight is 277 g/mol. The van der Waals surface area contributed by atoms with E-state index in [0.717, 1.165) is 25.8 Å². The molecule has 1 saturated heterocycles. The number of hydrogen-bond donors (Lipinski definition) is 2. The van der Waals surface area contributed by atoms with E-state index in [-0.39, 0.29) is 19.3 Å². The minimum Gasteiger partial charge on any atom is -0.396 e. The summed E-state index contributed by atoms with van der Waals surface area (Å²) >= 11 is 0. The highest BCUT2D eigenvalue weighted by Gasteiger charge is 2.28. The predicted octanol–water partition coefficient (Wildman–Crippen LogP) is 2.74. The fourth-order valence-electron chi connectivity index (χ4n) is 3.31. The number of aliphatic hydroxyl groups excluding tert-OH is 2. The van der Waals surface area contributed by atoms with Gasteiger partial charge in [-0.05, 0) is 44.2 Å². The van der Waals surface area contributed by atoms with Crippen LogP contribution in [-0.2, 0) is 0 Å². The van der Waals surface area contributed by atoms with Gasteiger partial charge in [0.15, 0.2) is 0 Å². The Hall–Kier alpha value is -0.900. The van der Waals surface area contributed by atoms with Gasteiger partial charge in [-0.2, -0.15) is 0 Å². The van der Waals surface area contributed by atoms with E-state index in [4.69, 9.17) is 5.11 Å². The zero-order chi connectivity index (χ0) is 14.2. The second-order valence-electron chi connectivity index (χ2n) is 5.72. The molecule has 1 fully saturated rings. The zero-order valence-corrected chi connectivity index (χ0v) is 12.2. The van der Waals surface area contributed by atoms with E-state index in [1.165, 1.54) is 24.8 Å². The molecule has 0 unspecified atom stereocenters. The highest BCUT2D eigenvalue weighted by molar-refractivity contribution is 5.19. The third-order valence-electron chi connectivity index (χ3n) is 4.38. The largest absolute Gasteiger partial charge is 0.396 e. The Bertz CT molecular complexity index is 369. The molecule has 3 heteroatoms. The Morgan fingerprint density at radius 1 is 1.10 bits per heavy atom. The zero-order valence-electron chi connectivity index (χ0n) is 12.2. The summed E-state index contributed by atoms with van der Waals surface area (Å²) in [6, 6.07) is 11.0. The molecule has 112 valence electrons. The molecule has 3 nitrogen and oxygen atoms in total. The first-order valence-electron chi connectivity index (χ1n) is 7.89. The van der Waals surface area contributed by atoms with Crippen molar-refractivity contribution in [3.63, 3.8) is 0 Å². The third kappa shape index (κ3) is 4.05. The maximum absolute atomic E-state index is 9.84. The van der Waals surface area contributed by atoms with Crippen LogP contribution in [0.5, 0.6) is 0 Å². The Morgan fingerprint density at radius 2 is 1.90 bits per heavy atom. The van der Waals surface area contributed by atoms with Crippen LogP contribution in [0.1, 0.15) is 50.1 Å². The summed E-state index contributed by atoms with van der Waals surface area (Å²) in [4.78, 5) is 2.48. The maximum atomic E-state index is 9.84. The molecule has 1 aromatic carbocycles. The van der Waals surface area contributed by atoms with Gasteiger partial charge in [-0.15, -0.1) is 0 Å². The van der Waals surface area contributed by atoms with E-state index in [2.05, 4.69) is 17.0 Å². The van der Waals surface area contributed by atoms with Crippen molar-refractivity contribution >= 4 is 0 Å². The number of nitrogens with zero attached hydrogens (tertiary/aromatic N) is 1. The van der Waals surface area contributed by atoms with Crippen LogP contribution in [0.15, 0.2) is 30.3 Å². The van der Waals surface area contributed by atoms with E-state index in [1.807, 2.05) is 18.2 Å². The summed E-state index contributed by atoms with van der Waals surface area (Å²) in [5.41, 5.74) is 1.21. The molecule has 0 radical (unpaired) electrons. The van der Waals surface area contributed by atoms with Crippen molar-refractivity contribution < 1.29 is 10.2 Å². The second kappa shape index (κ2) is 8.40. The van der Waals surface area contributed by atoms with Crippen molar-refractivity contribution in [3.8, 4) is 0 Å². The Labute approximate surface area is 122 Å². The van der Waals surface area contributed by atoms with Gasteiger partial charge in [0, 0.05) is 12.6 Å². The lowest BCUT2D eigenvalue weighted by Gasteiger charge is -2.41. The van der Waals surface area contributed by atoms with Crippen molar-refractivity contribution in [1.29, 1.82) is 0 Å². The summed E-state index contributed by atoms with van der Waals surface area (Å²) in [5.74, 6) is 0. The monoisotopic (exact) mass is 277 g/mol. The number of piperidine rings is 1. The molecule has 0 aromatic heterocycles. The Morgan fingerprint density at radius 3 is 2.60 bits per heavy atom. The molecule has 20 heavy (non-hydrogen) atoms. The highest BCUT2D eigenvalue weighted by atomic mass is 16.3. The summed E-state index contributed by atoms with van der Waals surface area (Å²) in [6.07, 6.45) is 6.82. The van der Waals surface area contributed by atoms with Gasteiger partial charge in [0.25, 0.3) is 0 Å². The Kier molecular flexibility index (Phi) is 6.51. The SMILES string of the molecule is OCCCC[C@@H]1CCCCN1[C@@H](CO)c1ccccc1. The van der Waals surface area contributed by atoms with E-state index in [9.17, 15) is 5.11 Å². The molecule has 2 rings (SSSR count). The molecule has 2 atom stereocenters. The van der Waals surface area contributed by atoms with Crippen LogP contribution in [0, 0.1) is 0 Å². The summed E-state index contributed by atoms with van der Waals surface area (Å²) in [6.45, 7) is 1.54. The van der Waals surface area contributed by atoms with E-state index in [1.54, 1.807) is 0 Å². The van der Waals surface area contributed by atoms with Crippen LogP contribution in [0.25, 0.3) is 0 Å². The van der Waals surface area contributed by atoms with Crippen LogP contribution in [0.3, 0.4) is 0 Å². The molecular formula is C17H27NO2. The van der Waals surface area contributed by atoms with Crippen LogP contribution in [-0.4, -0.2) is 40.9 Å². The molecule has 1 aromatic rings. The maximum Gasteiger partial charge on any atom is 0.0628 e. The molecule has 1 aliphatic rings. The normalized spacial score (nSPS) is 21.8. The first-order valence-corrected chi connectivity index (χ1v) is 7.89. The molecule has 1 heterocycles. The number of benzene rings is 1.